The fraction of sp³-hybridized carbons (Fsp3) is 0.375. The molecule has 1 amide bonds. The first kappa shape index (κ1) is 28.0. The van der Waals surface area contributed by atoms with Crippen LogP contribution in [0.5, 0.6) is 5.88 Å². The van der Waals surface area contributed by atoms with Crippen LogP contribution >= 0.6 is 0 Å². The highest BCUT2D eigenvalue weighted by atomic mass is 16.6. The molecule has 2 aliphatic heterocycles. The molecule has 4 rings (SSSR count). The van der Waals surface area contributed by atoms with E-state index >= 15 is 0 Å². The quantitative estimate of drug-likeness (QED) is 0.219. The lowest BCUT2D eigenvalue weighted by molar-refractivity contribution is -0.384. The van der Waals surface area contributed by atoms with Crippen molar-refractivity contribution in [3.63, 3.8) is 0 Å². The van der Waals surface area contributed by atoms with Gasteiger partial charge in [0.05, 0.1) is 12.0 Å². The molecule has 38 heavy (non-hydrogen) atoms. The maximum atomic E-state index is 12.7. The summed E-state index contributed by atoms with van der Waals surface area (Å²) in [6.07, 6.45) is 6.26. The number of hydrogen-bond acceptors (Lipinski definition) is 10. The number of hydrogen-bond donors (Lipinski definition) is 4. The summed E-state index contributed by atoms with van der Waals surface area (Å²) in [6.45, 7) is 0.678. The van der Waals surface area contributed by atoms with Crippen LogP contribution in [-0.2, 0) is 16.1 Å². The van der Waals surface area contributed by atoms with E-state index in [1.165, 1.54) is 19.4 Å². The number of carbonyl (C=O) groups excluding carboxylic acids is 1. The third-order valence-corrected chi connectivity index (χ3v) is 6.28. The van der Waals surface area contributed by atoms with E-state index in [0.717, 1.165) is 31.2 Å². The van der Waals surface area contributed by atoms with Crippen LogP contribution in [0.3, 0.4) is 0 Å². The molecule has 14 heteroatoms. The molecule has 0 saturated carbocycles. The number of benzene rings is 1. The van der Waals surface area contributed by atoms with Gasteiger partial charge in [0.25, 0.3) is 11.6 Å². The summed E-state index contributed by atoms with van der Waals surface area (Å²) < 4.78 is 5.15. The number of carboxylic acid groups (broad SMARTS) is 2. The Morgan fingerprint density at radius 3 is 2.39 bits per heavy atom. The average Bonchev–Trinajstić information content (AvgIpc) is 3.10. The molecule has 1 unspecified atom stereocenters. The molecular formula is C24H28N6O8. The Morgan fingerprint density at radius 2 is 1.84 bits per heavy atom. The fourth-order valence-electron chi connectivity index (χ4n) is 4.73. The van der Waals surface area contributed by atoms with Crippen molar-refractivity contribution in [2.45, 2.75) is 50.4 Å². The van der Waals surface area contributed by atoms with Gasteiger partial charge >= 0.3 is 11.9 Å². The van der Waals surface area contributed by atoms with E-state index in [1.54, 1.807) is 12.1 Å². The predicted octanol–water partition coefficient (Wildman–Crippen LogP) is 1.61. The number of piperidine rings is 1. The number of nitrogens with one attached hydrogen (secondary N) is 1. The maximum Gasteiger partial charge on any atom is 0.328 e. The van der Waals surface area contributed by atoms with E-state index in [2.05, 4.69) is 20.2 Å². The molecule has 2 saturated heterocycles. The molecule has 0 aliphatic carbocycles. The van der Waals surface area contributed by atoms with Gasteiger partial charge in [0.1, 0.15) is 5.56 Å². The van der Waals surface area contributed by atoms with Gasteiger partial charge in [-0.05, 0) is 31.2 Å². The van der Waals surface area contributed by atoms with E-state index < -0.39 is 11.9 Å². The van der Waals surface area contributed by atoms with Crippen molar-refractivity contribution in [1.29, 1.82) is 0 Å². The monoisotopic (exact) mass is 528 g/mol. The molecular weight excluding hydrogens is 500 g/mol. The number of carboxylic acids is 2. The largest absolute Gasteiger partial charge is 0.480 e. The predicted molar refractivity (Wildman–Crippen MR) is 133 cm³/mol. The van der Waals surface area contributed by atoms with Gasteiger partial charge in [-0.3, -0.25) is 19.8 Å². The van der Waals surface area contributed by atoms with E-state index in [1.807, 2.05) is 6.07 Å². The summed E-state index contributed by atoms with van der Waals surface area (Å²) in [7, 11) is 1.44. The van der Waals surface area contributed by atoms with Crippen LogP contribution in [-0.4, -0.2) is 73.1 Å². The average molecular weight is 529 g/mol. The van der Waals surface area contributed by atoms with Crippen molar-refractivity contribution >= 4 is 29.5 Å². The number of carbonyl (C=O) groups is 3. The lowest BCUT2D eigenvalue weighted by atomic mass is 9.96. The minimum absolute atomic E-state index is 0.0404. The zero-order chi connectivity index (χ0) is 27.8. The van der Waals surface area contributed by atoms with Crippen LogP contribution in [0.15, 0.2) is 42.6 Å². The first-order valence-electron chi connectivity index (χ1n) is 11.7. The van der Waals surface area contributed by atoms with Crippen LogP contribution in [0.1, 0.15) is 41.6 Å². The number of nitrogen functional groups attached to an aromatic ring is 1. The molecule has 0 radical (unpaired) electrons. The van der Waals surface area contributed by atoms with Crippen molar-refractivity contribution in [2.75, 3.05) is 12.8 Å². The van der Waals surface area contributed by atoms with Crippen LogP contribution in [0.25, 0.3) is 0 Å². The van der Waals surface area contributed by atoms with Gasteiger partial charge < -0.3 is 26.0 Å². The Balaban J connectivity index is 0.000000436. The summed E-state index contributed by atoms with van der Waals surface area (Å²) >= 11 is 0. The highest BCUT2D eigenvalue weighted by Crippen LogP contribution is 2.37. The van der Waals surface area contributed by atoms with Crippen molar-refractivity contribution in [2.24, 2.45) is 0 Å². The lowest BCUT2D eigenvalue weighted by Gasteiger charge is -2.39. The normalized spacial score (nSPS) is 20.3. The zero-order valence-corrected chi connectivity index (χ0v) is 20.5. The van der Waals surface area contributed by atoms with Crippen molar-refractivity contribution < 1.29 is 34.3 Å². The molecule has 202 valence electrons. The first-order chi connectivity index (χ1) is 18.1. The molecule has 2 bridgehead atoms. The van der Waals surface area contributed by atoms with Crippen LogP contribution in [0, 0.1) is 10.1 Å². The minimum Gasteiger partial charge on any atom is -0.480 e. The number of anilines is 1. The van der Waals surface area contributed by atoms with Gasteiger partial charge in [0.15, 0.2) is 0 Å². The third-order valence-electron chi connectivity index (χ3n) is 6.28. The topological polar surface area (TPSA) is 211 Å². The number of rotatable bonds is 8. The Labute approximate surface area is 217 Å². The summed E-state index contributed by atoms with van der Waals surface area (Å²) in [6, 6.07) is 7.50. The fourth-order valence-corrected chi connectivity index (χ4v) is 4.73. The smallest absolute Gasteiger partial charge is 0.328 e. The number of aromatic nitrogens is 2. The molecule has 1 aromatic heterocycles. The van der Waals surface area contributed by atoms with Crippen molar-refractivity contribution in [3.8, 4) is 5.88 Å². The summed E-state index contributed by atoms with van der Waals surface area (Å²) in [4.78, 5) is 52.8. The Bertz CT molecular complexity index is 1210. The SMILES string of the molecule is COc1nc(N)ncc1C(=O)NC1C[C@H]2CC[C@@H](C1)N2Cc1cccc([N+](=O)[O-])c1.O=C(O)/C=C\C(=O)O. The second-order valence-electron chi connectivity index (χ2n) is 8.79. The number of fused-ring (bicyclic) bond motifs is 2. The van der Waals surface area contributed by atoms with Crippen LogP contribution in [0.4, 0.5) is 11.6 Å². The van der Waals surface area contributed by atoms with E-state index in [0.29, 0.717) is 30.8 Å². The number of ether oxygens (including phenoxy) is 1. The van der Waals surface area contributed by atoms with Gasteiger partial charge in [-0.25, -0.2) is 14.6 Å². The highest BCUT2D eigenvalue weighted by molar-refractivity contribution is 5.96. The zero-order valence-electron chi connectivity index (χ0n) is 20.5. The molecule has 2 aliphatic rings. The first-order valence-corrected chi connectivity index (χ1v) is 11.7. The number of methoxy groups -OCH3 is 1. The third kappa shape index (κ3) is 7.46. The standard InChI is InChI=1S/C20H24N6O4.C4H4O4/c1-30-19-17(10-22-20(21)24-19)18(27)23-13-8-14-5-6-15(9-13)25(14)11-12-3-2-4-16(7-12)26(28)29;5-3(6)1-2-4(7)8/h2-4,7,10,13-15H,5-6,8-9,11H2,1H3,(H,23,27)(H2,21,22,24);1-2H,(H,5,6)(H,7,8)/b;2-1-/t13?,14-,15+;. The Kier molecular flexibility index (Phi) is 9.27. The Morgan fingerprint density at radius 1 is 1.21 bits per heavy atom. The highest BCUT2D eigenvalue weighted by Gasteiger charge is 2.41. The molecule has 0 spiro atoms. The number of nitro benzene ring substituents is 1. The van der Waals surface area contributed by atoms with E-state index in [4.69, 9.17) is 20.7 Å². The lowest BCUT2D eigenvalue weighted by Crippen LogP contribution is -2.50. The maximum absolute atomic E-state index is 12.7. The summed E-state index contributed by atoms with van der Waals surface area (Å²) in [5.74, 6) is -2.58. The minimum atomic E-state index is -1.26. The van der Waals surface area contributed by atoms with Gasteiger partial charge in [-0.2, -0.15) is 4.98 Å². The van der Waals surface area contributed by atoms with E-state index in [9.17, 15) is 24.5 Å². The van der Waals surface area contributed by atoms with Crippen LogP contribution in [0.2, 0.25) is 0 Å². The molecule has 1 aromatic carbocycles. The molecule has 14 nitrogen and oxygen atoms in total. The number of nitrogens with zero attached hydrogens (tertiary/aromatic N) is 4. The number of nitro groups is 1. The molecule has 3 heterocycles. The number of amides is 1. The molecule has 5 N–H and O–H groups in total. The van der Waals surface area contributed by atoms with Crippen molar-refractivity contribution in [1.82, 2.24) is 20.2 Å². The second-order valence-corrected chi connectivity index (χ2v) is 8.79. The van der Waals surface area contributed by atoms with Crippen molar-refractivity contribution in [3.05, 3.63) is 63.9 Å². The molecule has 2 fully saturated rings. The summed E-state index contributed by atoms with van der Waals surface area (Å²) in [5, 5.41) is 29.7. The molecule has 2 aromatic rings. The van der Waals surface area contributed by atoms with Gasteiger partial charge in [-0.1, -0.05) is 12.1 Å². The number of non-ortho nitro benzene ring substituents is 1. The van der Waals surface area contributed by atoms with Crippen LogP contribution < -0.4 is 15.8 Å². The molecule has 3 atom stereocenters. The van der Waals surface area contributed by atoms with Gasteiger partial charge in [-0.15, -0.1) is 0 Å². The number of nitrogens with two attached hydrogens (primary N) is 1. The second kappa shape index (κ2) is 12.6. The van der Waals surface area contributed by atoms with E-state index in [-0.39, 0.29) is 40.0 Å². The number of aliphatic carboxylic acids is 2. The summed E-state index contributed by atoms with van der Waals surface area (Å²) in [5.41, 5.74) is 6.87. The van der Waals surface area contributed by atoms with Gasteiger partial charge in [0, 0.05) is 55.2 Å². The van der Waals surface area contributed by atoms with Gasteiger partial charge in [0.2, 0.25) is 11.8 Å². The Hall–Kier alpha value is -4.59.